The summed E-state index contributed by atoms with van der Waals surface area (Å²) in [5.41, 5.74) is 8.55. The van der Waals surface area contributed by atoms with Crippen LogP contribution in [0.25, 0.3) is 11.1 Å². The molecule has 0 radical (unpaired) electrons. The fourth-order valence-electron chi connectivity index (χ4n) is 1.68. The van der Waals surface area contributed by atoms with Crippen LogP contribution in [0.15, 0.2) is 47.3 Å². The average molecular weight is 231 g/mol. The topological polar surface area (TPSA) is 76.5 Å². The molecule has 0 bridgehead atoms. The zero-order chi connectivity index (χ0) is 12.3. The van der Waals surface area contributed by atoms with Crippen LogP contribution in [0.3, 0.4) is 0 Å². The normalized spacial score (nSPS) is 12.3. The van der Waals surface area contributed by atoms with E-state index in [0.29, 0.717) is 0 Å². The van der Waals surface area contributed by atoms with E-state index in [1.807, 2.05) is 30.3 Å². The Morgan fingerprint density at radius 2 is 2.18 bits per heavy atom. The van der Waals surface area contributed by atoms with Gasteiger partial charge in [0.15, 0.2) is 0 Å². The summed E-state index contributed by atoms with van der Waals surface area (Å²) in [5.74, 6) is -0.897. The van der Waals surface area contributed by atoms with E-state index in [0.717, 1.165) is 16.7 Å². The Labute approximate surface area is 98.7 Å². The maximum absolute atomic E-state index is 10.6. The molecule has 0 saturated carbocycles. The molecule has 0 aliphatic heterocycles. The molecule has 4 heteroatoms. The Bertz CT molecular complexity index is 505. The lowest BCUT2D eigenvalue weighted by Crippen LogP contribution is -2.14. The lowest BCUT2D eigenvalue weighted by molar-refractivity contribution is -0.137. The van der Waals surface area contributed by atoms with E-state index in [-0.39, 0.29) is 6.42 Å². The minimum atomic E-state index is -0.897. The molecule has 1 unspecified atom stereocenters. The molecule has 4 nitrogen and oxygen atoms in total. The average Bonchev–Trinajstić information content (AvgIpc) is 2.82. The highest BCUT2D eigenvalue weighted by Gasteiger charge is 2.11. The fraction of sp³-hybridized carbons (Fsp3) is 0.154. The van der Waals surface area contributed by atoms with E-state index < -0.39 is 12.0 Å². The van der Waals surface area contributed by atoms with Crippen LogP contribution in [-0.4, -0.2) is 11.1 Å². The second kappa shape index (κ2) is 4.84. The van der Waals surface area contributed by atoms with Crippen LogP contribution in [-0.2, 0) is 4.79 Å². The Kier molecular flexibility index (Phi) is 3.25. The second-order valence-corrected chi connectivity index (χ2v) is 3.84. The van der Waals surface area contributed by atoms with Gasteiger partial charge in [-0.25, -0.2) is 0 Å². The third-order valence-electron chi connectivity index (χ3n) is 2.56. The lowest BCUT2D eigenvalue weighted by atomic mass is 10.00. The molecular formula is C13H13NO3. The first-order valence-corrected chi connectivity index (χ1v) is 5.26. The predicted octanol–water partition coefficient (Wildman–Crippen LogP) is 2.42. The molecule has 0 aliphatic rings. The Morgan fingerprint density at radius 1 is 1.35 bits per heavy atom. The molecule has 2 aromatic rings. The number of carbonyl (C=O) groups is 1. The zero-order valence-electron chi connectivity index (χ0n) is 9.17. The first-order chi connectivity index (χ1) is 8.16. The number of nitrogens with two attached hydrogens (primary N) is 1. The number of carboxylic acids is 1. The van der Waals surface area contributed by atoms with Gasteiger partial charge in [0.1, 0.15) is 0 Å². The van der Waals surface area contributed by atoms with Gasteiger partial charge >= 0.3 is 5.97 Å². The number of furan rings is 1. The van der Waals surface area contributed by atoms with Crippen LogP contribution in [0.2, 0.25) is 0 Å². The van der Waals surface area contributed by atoms with Crippen LogP contribution in [0, 0.1) is 0 Å². The van der Waals surface area contributed by atoms with Crippen molar-refractivity contribution in [1.29, 1.82) is 0 Å². The molecule has 1 atom stereocenters. The lowest BCUT2D eigenvalue weighted by Gasteiger charge is -2.10. The molecule has 0 amide bonds. The van der Waals surface area contributed by atoms with Crippen molar-refractivity contribution in [1.82, 2.24) is 0 Å². The van der Waals surface area contributed by atoms with Crippen LogP contribution in [0.4, 0.5) is 0 Å². The van der Waals surface area contributed by atoms with Crippen LogP contribution >= 0.6 is 0 Å². The largest absolute Gasteiger partial charge is 0.481 e. The minimum absolute atomic E-state index is 0.0746. The van der Waals surface area contributed by atoms with Gasteiger partial charge in [-0.1, -0.05) is 18.2 Å². The fourth-order valence-corrected chi connectivity index (χ4v) is 1.68. The quantitative estimate of drug-likeness (QED) is 0.847. The summed E-state index contributed by atoms with van der Waals surface area (Å²) in [5, 5.41) is 8.70. The van der Waals surface area contributed by atoms with E-state index in [2.05, 4.69) is 0 Å². The van der Waals surface area contributed by atoms with Gasteiger partial charge < -0.3 is 15.3 Å². The van der Waals surface area contributed by atoms with Crippen LogP contribution in [0.1, 0.15) is 18.0 Å². The monoisotopic (exact) mass is 231 g/mol. The van der Waals surface area contributed by atoms with Gasteiger partial charge in [0, 0.05) is 11.6 Å². The van der Waals surface area contributed by atoms with Gasteiger partial charge in [0.25, 0.3) is 0 Å². The summed E-state index contributed by atoms with van der Waals surface area (Å²) < 4.78 is 5.01. The number of carboxylic acid groups (broad SMARTS) is 1. The van der Waals surface area contributed by atoms with Gasteiger partial charge in [-0.2, -0.15) is 0 Å². The molecule has 1 aromatic heterocycles. The highest BCUT2D eigenvalue weighted by molar-refractivity contribution is 5.68. The van der Waals surface area contributed by atoms with Gasteiger partial charge in [0.05, 0.1) is 18.9 Å². The third-order valence-corrected chi connectivity index (χ3v) is 2.56. The van der Waals surface area contributed by atoms with E-state index >= 15 is 0 Å². The van der Waals surface area contributed by atoms with E-state index in [9.17, 15) is 4.79 Å². The number of hydrogen-bond acceptors (Lipinski definition) is 3. The highest BCUT2D eigenvalue weighted by Crippen LogP contribution is 2.23. The smallest absolute Gasteiger partial charge is 0.305 e. The third kappa shape index (κ3) is 2.73. The molecule has 17 heavy (non-hydrogen) atoms. The summed E-state index contributed by atoms with van der Waals surface area (Å²) in [4.78, 5) is 10.6. The summed E-state index contributed by atoms with van der Waals surface area (Å²) in [6, 6.07) is 8.87. The molecule has 0 aliphatic carbocycles. The summed E-state index contributed by atoms with van der Waals surface area (Å²) in [6.07, 6.45) is 3.16. The maximum atomic E-state index is 10.6. The zero-order valence-corrected chi connectivity index (χ0v) is 9.17. The Hall–Kier alpha value is -2.07. The Balaban J connectivity index is 2.25. The Morgan fingerprint density at radius 3 is 2.82 bits per heavy atom. The van der Waals surface area contributed by atoms with Crippen molar-refractivity contribution in [3.8, 4) is 11.1 Å². The van der Waals surface area contributed by atoms with Crippen molar-refractivity contribution in [3.63, 3.8) is 0 Å². The van der Waals surface area contributed by atoms with Crippen molar-refractivity contribution >= 4 is 5.97 Å². The maximum Gasteiger partial charge on any atom is 0.305 e. The van der Waals surface area contributed by atoms with Crippen molar-refractivity contribution in [2.75, 3.05) is 0 Å². The number of benzene rings is 1. The molecular weight excluding hydrogens is 218 g/mol. The molecule has 88 valence electrons. The van der Waals surface area contributed by atoms with Gasteiger partial charge in [-0.3, -0.25) is 4.79 Å². The molecule has 1 heterocycles. The van der Waals surface area contributed by atoms with Gasteiger partial charge in [-0.05, 0) is 23.3 Å². The SMILES string of the molecule is NC(CC(=O)O)c1cccc(-c2ccoc2)c1. The summed E-state index contributed by atoms with van der Waals surface area (Å²) >= 11 is 0. The molecule has 0 saturated heterocycles. The summed E-state index contributed by atoms with van der Waals surface area (Å²) in [7, 11) is 0. The standard InChI is InChI=1S/C13H13NO3/c14-12(7-13(15)16)10-3-1-2-9(6-10)11-4-5-17-8-11/h1-6,8,12H,7,14H2,(H,15,16). The van der Waals surface area contributed by atoms with Crippen molar-refractivity contribution in [2.45, 2.75) is 12.5 Å². The molecule has 2 rings (SSSR count). The number of hydrogen-bond donors (Lipinski definition) is 2. The van der Waals surface area contributed by atoms with Gasteiger partial charge in [0.2, 0.25) is 0 Å². The van der Waals surface area contributed by atoms with Crippen LogP contribution in [0.5, 0.6) is 0 Å². The van der Waals surface area contributed by atoms with Crippen LogP contribution < -0.4 is 5.73 Å². The van der Waals surface area contributed by atoms with Crippen molar-refractivity contribution in [2.24, 2.45) is 5.73 Å². The first-order valence-electron chi connectivity index (χ1n) is 5.26. The highest BCUT2D eigenvalue weighted by atomic mass is 16.4. The number of rotatable bonds is 4. The number of aliphatic carboxylic acids is 1. The van der Waals surface area contributed by atoms with Gasteiger partial charge in [-0.15, -0.1) is 0 Å². The van der Waals surface area contributed by atoms with E-state index in [1.165, 1.54) is 0 Å². The van der Waals surface area contributed by atoms with Crippen molar-refractivity contribution in [3.05, 3.63) is 48.4 Å². The first kappa shape index (κ1) is 11.4. The minimum Gasteiger partial charge on any atom is -0.481 e. The van der Waals surface area contributed by atoms with E-state index in [4.69, 9.17) is 15.3 Å². The molecule has 0 spiro atoms. The predicted molar refractivity (Wildman–Crippen MR) is 63.3 cm³/mol. The second-order valence-electron chi connectivity index (χ2n) is 3.84. The van der Waals surface area contributed by atoms with Crippen molar-refractivity contribution < 1.29 is 14.3 Å². The van der Waals surface area contributed by atoms with E-state index in [1.54, 1.807) is 12.5 Å². The molecule has 3 N–H and O–H groups in total. The summed E-state index contributed by atoms with van der Waals surface area (Å²) in [6.45, 7) is 0. The molecule has 0 fully saturated rings. The molecule has 1 aromatic carbocycles.